The van der Waals surface area contributed by atoms with Crippen molar-refractivity contribution in [1.82, 2.24) is 9.80 Å². The molecule has 4 aromatic carbocycles. The van der Waals surface area contributed by atoms with Crippen molar-refractivity contribution in [3.63, 3.8) is 0 Å². The van der Waals surface area contributed by atoms with Gasteiger partial charge < -0.3 is 25.8 Å². The summed E-state index contributed by atoms with van der Waals surface area (Å²) in [6.07, 6.45) is 6.43. The van der Waals surface area contributed by atoms with E-state index in [0.717, 1.165) is 60.3 Å². The highest BCUT2D eigenvalue weighted by atomic mass is 16.2. The van der Waals surface area contributed by atoms with E-state index in [1.54, 1.807) is 9.80 Å². The van der Waals surface area contributed by atoms with Gasteiger partial charge in [-0.05, 0) is 103 Å². The lowest BCUT2D eigenvalue weighted by Crippen LogP contribution is -2.43. The van der Waals surface area contributed by atoms with Crippen LogP contribution in [0.2, 0.25) is 0 Å². The molecule has 1 aliphatic carbocycles. The molecule has 4 atom stereocenters. The Morgan fingerprint density at radius 3 is 1.77 bits per heavy atom. The van der Waals surface area contributed by atoms with Crippen LogP contribution in [0.5, 0.6) is 0 Å². The summed E-state index contributed by atoms with van der Waals surface area (Å²) >= 11 is 0. The third-order valence-corrected chi connectivity index (χ3v) is 11.3. The maximum Gasteiger partial charge on any atom is 0.247 e. The van der Waals surface area contributed by atoms with Gasteiger partial charge in [-0.25, -0.2) is 0 Å². The summed E-state index contributed by atoms with van der Waals surface area (Å²) in [5.41, 5.74) is 8.11. The van der Waals surface area contributed by atoms with Crippen molar-refractivity contribution in [1.29, 1.82) is 0 Å². The van der Waals surface area contributed by atoms with Gasteiger partial charge in [0.15, 0.2) is 0 Å². The lowest BCUT2D eigenvalue weighted by atomic mass is 9.88. The molecule has 8 rings (SSSR count). The highest BCUT2D eigenvalue weighted by molar-refractivity contribution is 5.99. The number of fused-ring (bicyclic) bond motifs is 5. The van der Waals surface area contributed by atoms with Crippen LogP contribution >= 0.6 is 0 Å². The Hall–Kier alpha value is -5.44. The molecule has 2 fully saturated rings. The third kappa shape index (κ3) is 6.92. The molecule has 0 saturated carbocycles. The van der Waals surface area contributed by atoms with E-state index in [2.05, 4.69) is 34.1 Å². The predicted molar refractivity (Wildman–Crippen MR) is 202 cm³/mol. The van der Waals surface area contributed by atoms with Crippen molar-refractivity contribution in [2.75, 3.05) is 29.0 Å². The van der Waals surface area contributed by atoms with Gasteiger partial charge in [0.1, 0.15) is 12.1 Å². The number of hydrogen-bond donors (Lipinski definition) is 3. The molecule has 0 aromatic heterocycles. The minimum absolute atomic E-state index is 0.0131. The fraction of sp³-hybridized carbons (Fsp3) is 0.349. The van der Waals surface area contributed by atoms with E-state index in [1.165, 1.54) is 16.7 Å². The van der Waals surface area contributed by atoms with Gasteiger partial charge in [0, 0.05) is 36.1 Å². The number of rotatable bonds is 8. The normalized spacial score (nSPS) is 21.7. The van der Waals surface area contributed by atoms with E-state index in [1.807, 2.05) is 78.9 Å². The van der Waals surface area contributed by atoms with Crippen LogP contribution in [-0.2, 0) is 38.4 Å². The maximum atomic E-state index is 13.5. The van der Waals surface area contributed by atoms with Crippen LogP contribution in [0.25, 0.3) is 0 Å². The van der Waals surface area contributed by atoms with Gasteiger partial charge in [-0.3, -0.25) is 19.2 Å². The molecule has 4 amide bonds. The van der Waals surface area contributed by atoms with Crippen LogP contribution in [0.4, 0.5) is 17.1 Å². The SMILES string of the molecule is O=C(Nc1ccc2c(c1)CCCC1c3cc(NC(=O)[C@@H]4CCCN4C(=O)Cc4ccccc4)ccc3NC21)[C@@H]1CCCN1C(=O)Cc1ccccc1. The first-order valence-corrected chi connectivity index (χ1v) is 18.7. The Bertz CT molecular complexity index is 1980. The summed E-state index contributed by atoms with van der Waals surface area (Å²) in [5, 5.41) is 10.0. The van der Waals surface area contributed by atoms with E-state index >= 15 is 0 Å². The third-order valence-electron chi connectivity index (χ3n) is 11.3. The van der Waals surface area contributed by atoms with Crippen LogP contribution in [0.3, 0.4) is 0 Å². The maximum absolute atomic E-state index is 13.5. The molecule has 3 heterocycles. The first-order valence-electron chi connectivity index (χ1n) is 18.7. The zero-order valence-corrected chi connectivity index (χ0v) is 29.4. The van der Waals surface area contributed by atoms with Crippen LogP contribution in [-0.4, -0.2) is 58.6 Å². The number of nitrogens with one attached hydrogen (secondary N) is 3. The number of nitrogens with zero attached hydrogens (tertiary/aromatic N) is 2. The summed E-state index contributed by atoms with van der Waals surface area (Å²) in [5.74, 6) is -0.0531. The summed E-state index contributed by atoms with van der Waals surface area (Å²) in [7, 11) is 0. The molecule has 0 radical (unpaired) electrons. The Morgan fingerprint density at radius 1 is 0.615 bits per heavy atom. The number of carbonyl (C=O) groups is 4. The fourth-order valence-electron chi connectivity index (χ4n) is 8.73. The molecule has 4 aromatic rings. The minimum Gasteiger partial charge on any atom is -0.377 e. The number of likely N-dealkylation sites (tertiary alicyclic amines) is 2. The number of anilines is 3. The molecule has 3 N–H and O–H groups in total. The van der Waals surface area contributed by atoms with Crippen LogP contribution < -0.4 is 16.0 Å². The molecule has 2 unspecified atom stereocenters. The van der Waals surface area contributed by atoms with E-state index < -0.39 is 12.1 Å². The number of carbonyl (C=O) groups excluding carboxylic acids is 4. The van der Waals surface area contributed by atoms with Crippen molar-refractivity contribution in [2.24, 2.45) is 0 Å². The van der Waals surface area contributed by atoms with E-state index in [-0.39, 0.29) is 35.6 Å². The molecule has 4 aliphatic rings. The lowest BCUT2D eigenvalue weighted by Gasteiger charge is -2.25. The number of aryl methyl sites for hydroxylation is 1. The Labute approximate surface area is 304 Å². The monoisotopic (exact) mass is 695 g/mol. The average Bonchev–Trinajstić information content (AvgIpc) is 3.90. The summed E-state index contributed by atoms with van der Waals surface area (Å²) in [6, 6.07) is 30.8. The van der Waals surface area contributed by atoms with Gasteiger partial charge in [0.25, 0.3) is 0 Å². The molecule has 9 heteroatoms. The molecule has 0 spiro atoms. The van der Waals surface area contributed by atoms with E-state index in [9.17, 15) is 19.2 Å². The van der Waals surface area contributed by atoms with Crippen molar-refractivity contribution in [3.05, 3.63) is 125 Å². The highest BCUT2D eigenvalue weighted by Crippen LogP contribution is 2.50. The van der Waals surface area contributed by atoms with Gasteiger partial charge in [-0.15, -0.1) is 0 Å². The van der Waals surface area contributed by atoms with Crippen molar-refractivity contribution < 1.29 is 19.2 Å². The molecule has 2 saturated heterocycles. The summed E-state index contributed by atoms with van der Waals surface area (Å²) in [4.78, 5) is 56.8. The largest absolute Gasteiger partial charge is 0.377 e. The van der Waals surface area contributed by atoms with Gasteiger partial charge in [0.2, 0.25) is 23.6 Å². The highest BCUT2D eigenvalue weighted by Gasteiger charge is 2.38. The van der Waals surface area contributed by atoms with Crippen molar-refractivity contribution >= 4 is 40.7 Å². The zero-order valence-electron chi connectivity index (χ0n) is 29.4. The zero-order chi connectivity index (χ0) is 35.6. The predicted octanol–water partition coefficient (Wildman–Crippen LogP) is 6.62. The standard InChI is InChI=1S/C43H45N5O4/c49-39(24-28-10-3-1-4-11-28)47-22-8-16-37(47)42(51)44-31-18-20-33-30(26-31)14-7-15-34-35-27-32(19-21-36(35)46-41(33)34)45-43(52)38-17-9-23-48(38)40(50)25-29-12-5-2-6-13-29/h1-6,10-13,18-21,26-27,34,37-38,41,46H,7-9,14-17,22-25H2,(H,44,51)(H,45,52)/t34?,37-,38-,41?/m0/s1. The summed E-state index contributed by atoms with van der Waals surface area (Å²) in [6.45, 7) is 1.20. The lowest BCUT2D eigenvalue weighted by molar-refractivity contribution is -0.136. The number of benzene rings is 4. The van der Waals surface area contributed by atoms with Crippen LogP contribution in [0, 0.1) is 0 Å². The Balaban J connectivity index is 0.919. The van der Waals surface area contributed by atoms with Crippen molar-refractivity contribution in [3.8, 4) is 0 Å². The molecular formula is C43H45N5O4. The van der Waals surface area contributed by atoms with Crippen LogP contribution in [0.1, 0.15) is 78.3 Å². The molecule has 3 aliphatic heterocycles. The second-order valence-electron chi connectivity index (χ2n) is 14.6. The second kappa shape index (κ2) is 14.7. The molecule has 52 heavy (non-hydrogen) atoms. The molecule has 0 bridgehead atoms. The van der Waals surface area contributed by atoms with E-state index in [0.29, 0.717) is 38.8 Å². The Morgan fingerprint density at radius 2 is 1.17 bits per heavy atom. The van der Waals surface area contributed by atoms with Gasteiger partial charge in [-0.1, -0.05) is 66.7 Å². The Kier molecular flexibility index (Phi) is 9.50. The first kappa shape index (κ1) is 33.7. The average molecular weight is 696 g/mol. The van der Waals surface area contributed by atoms with Gasteiger partial charge in [0.05, 0.1) is 18.9 Å². The van der Waals surface area contributed by atoms with E-state index in [4.69, 9.17) is 0 Å². The second-order valence-corrected chi connectivity index (χ2v) is 14.6. The topological polar surface area (TPSA) is 111 Å². The minimum atomic E-state index is -0.471. The molecular weight excluding hydrogens is 651 g/mol. The fourth-order valence-corrected chi connectivity index (χ4v) is 8.73. The van der Waals surface area contributed by atoms with Crippen molar-refractivity contribution in [2.45, 2.75) is 81.8 Å². The van der Waals surface area contributed by atoms with Crippen LogP contribution in [0.15, 0.2) is 97.1 Å². The number of hydrogen-bond acceptors (Lipinski definition) is 5. The smallest absolute Gasteiger partial charge is 0.247 e. The quantitative estimate of drug-likeness (QED) is 0.192. The first-order chi connectivity index (χ1) is 25.4. The molecule has 9 nitrogen and oxygen atoms in total. The van der Waals surface area contributed by atoms with Gasteiger partial charge >= 0.3 is 0 Å². The molecule has 266 valence electrons. The number of amides is 4. The summed E-state index contributed by atoms with van der Waals surface area (Å²) < 4.78 is 0. The van der Waals surface area contributed by atoms with Gasteiger partial charge in [-0.2, -0.15) is 0 Å².